The standard InChI is InChI=1S/C53H34N2/c1-3-17-35(18-4-1)54(36-19-5-2-6-20-36)37-31-32-44-47(33-37)53(45-27-13-9-21-38(45)39-22-10-14-28-46(39)53)48-34-51(42-25-7-8-26-43(42)52(44)48)55-49-29-15-11-23-40(49)41-24-12-16-30-50(41)55/h1-34H. The van der Waals surface area contributed by atoms with Crippen LogP contribution in [-0.4, -0.2) is 4.57 Å². The van der Waals surface area contributed by atoms with E-state index in [9.17, 15) is 0 Å². The molecule has 256 valence electrons. The number of nitrogens with zero attached hydrogens (tertiary/aromatic N) is 2. The van der Waals surface area contributed by atoms with E-state index in [-0.39, 0.29) is 0 Å². The average Bonchev–Trinajstić information content (AvgIpc) is 3.86. The molecule has 0 unspecified atom stereocenters. The van der Waals surface area contributed by atoms with Crippen LogP contribution in [0, 0.1) is 0 Å². The van der Waals surface area contributed by atoms with Crippen LogP contribution in [0.5, 0.6) is 0 Å². The molecule has 0 bridgehead atoms. The van der Waals surface area contributed by atoms with E-state index in [2.05, 4.69) is 216 Å². The highest BCUT2D eigenvalue weighted by Crippen LogP contribution is 2.65. The smallest absolute Gasteiger partial charge is 0.0727 e. The third kappa shape index (κ3) is 4.03. The summed E-state index contributed by atoms with van der Waals surface area (Å²) in [6.45, 7) is 0. The highest BCUT2D eigenvalue weighted by Gasteiger charge is 2.52. The molecule has 55 heavy (non-hydrogen) atoms. The lowest BCUT2D eigenvalue weighted by Gasteiger charge is -2.32. The molecule has 0 atom stereocenters. The number of anilines is 3. The fourth-order valence-corrected chi connectivity index (χ4v) is 10.1. The van der Waals surface area contributed by atoms with E-state index in [1.807, 2.05) is 0 Å². The summed E-state index contributed by atoms with van der Waals surface area (Å²) < 4.78 is 2.51. The zero-order chi connectivity index (χ0) is 36.1. The van der Waals surface area contributed by atoms with Crippen LogP contribution in [0.4, 0.5) is 17.1 Å². The van der Waals surface area contributed by atoms with Crippen LogP contribution in [0.1, 0.15) is 22.3 Å². The van der Waals surface area contributed by atoms with Crippen molar-refractivity contribution < 1.29 is 0 Å². The number of fused-ring (bicyclic) bond motifs is 15. The van der Waals surface area contributed by atoms with Crippen molar-refractivity contribution >= 4 is 49.6 Å². The van der Waals surface area contributed by atoms with Crippen molar-refractivity contribution in [2.75, 3.05) is 4.90 Å². The van der Waals surface area contributed by atoms with Gasteiger partial charge in [-0.15, -0.1) is 0 Å². The third-order valence-corrected chi connectivity index (χ3v) is 12.2. The number of para-hydroxylation sites is 4. The second kappa shape index (κ2) is 11.4. The minimum atomic E-state index is -0.537. The highest BCUT2D eigenvalue weighted by atomic mass is 15.1. The van der Waals surface area contributed by atoms with E-state index in [4.69, 9.17) is 0 Å². The van der Waals surface area contributed by atoms with E-state index in [1.54, 1.807) is 0 Å². The van der Waals surface area contributed by atoms with Crippen molar-refractivity contribution in [1.29, 1.82) is 0 Å². The Bertz CT molecular complexity index is 3020. The monoisotopic (exact) mass is 698 g/mol. The lowest BCUT2D eigenvalue weighted by Crippen LogP contribution is -2.26. The minimum Gasteiger partial charge on any atom is -0.310 e. The molecule has 12 rings (SSSR count). The predicted octanol–water partition coefficient (Wildman–Crippen LogP) is 13.8. The highest BCUT2D eigenvalue weighted by molar-refractivity contribution is 6.14. The molecule has 9 aromatic carbocycles. The molecule has 1 heterocycles. The first kappa shape index (κ1) is 30.3. The first-order chi connectivity index (χ1) is 27.3. The summed E-state index contributed by atoms with van der Waals surface area (Å²) in [6, 6.07) is 76.3. The minimum absolute atomic E-state index is 0.537. The van der Waals surface area contributed by atoms with Crippen LogP contribution in [0.2, 0.25) is 0 Å². The second-order valence-corrected chi connectivity index (χ2v) is 14.8. The van der Waals surface area contributed by atoms with E-state index in [0.717, 1.165) is 17.1 Å². The fourth-order valence-electron chi connectivity index (χ4n) is 10.1. The predicted molar refractivity (Wildman–Crippen MR) is 229 cm³/mol. The van der Waals surface area contributed by atoms with Gasteiger partial charge < -0.3 is 9.47 Å². The molecule has 1 aromatic heterocycles. The van der Waals surface area contributed by atoms with Crippen LogP contribution in [0.25, 0.3) is 60.5 Å². The number of hydrogen-bond donors (Lipinski definition) is 0. The van der Waals surface area contributed by atoms with Crippen molar-refractivity contribution in [3.05, 3.63) is 229 Å². The molecule has 10 aromatic rings. The van der Waals surface area contributed by atoms with Crippen LogP contribution in [0.15, 0.2) is 206 Å². The average molecular weight is 699 g/mol. The van der Waals surface area contributed by atoms with Crippen molar-refractivity contribution in [1.82, 2.24) is 4.57 Å². The summed E-state index contributed by atoms with van der Waals surface area (Å²) in [5, 5.41) is 5.05. The summed E-state index contributed by atoms with van der Waals surface area (Å²) in [5.74, 6) is 0. The van der Waals surface area contributed by atoms with E-state index >= 15 is 0 Å². The Morgan fingerprint density at radius 2 is 0.818 bits per heavy atom. The van der Waals surface area contributed by atoms with Gasteiger partial charge in [0.2, 0.25) is 0 Å². The van der Waals surface area contributed by atoms with Crippen molar-refractivity contribution in [3.63, 3.8) is 0 Å². The normalized spacial score (nSPS) is 13.2. The quantitative estimate of drug-likeness (QED) is 0.178. The van der Waals surface area contributed by atoms with E-state index < -0.39 is 5.41 Å². The Labute approximate surface area is 319 Å². The van der Waals surface area contributed by atoms with Gasteiger partial charge in [-0.3, -0.25) is 0 Å². The molecule has 0 amide bonds. The van der Waals surface area contributed by atoms with Crippen molar-refractivity contribution in [2.45, 2.75) is 5.41 Å². The molecule has 2 aliphatic carbocycles. The molecule has 0 fully saturated rings. The number of benzene rings is 9. The maximum absolute atomic E-state index is 2.54. The SMILES string of the molecule is c1ccc(N(c2ccccc2)c2ccc3c(c2)C2(c4ccccc4-c4ccccc42)c2cc(-n4c5ccccc5c5ccccc54)c4ccccc4c2-3)cc1. The largest absolute Gasteiger partial charge is 0.310 e. The molecule has 1 spiro atoms. The summed E-state index contributed by atoms with van der Waals surface area (Å²) in [5.41, 5.74) is 17.0. The topological polar surface area (TPSA) is 8.17 Å². The van der Waals surface area contributed by atoms with Crippen LogP contribution >= 0.6 is 0 Å². The molecular formula is C53H34N2. The van der Waals surface area contributed by atoms with Gasteiger partial charge in [0, 0.05) is 33.2 Å². The van der Waals surface area contributed by atoms with Gasteiger partial charge in [-0.25, -0.2) is 0 Å². The molecule has 0 N–H and O–H groups in total. The van der Waals surface area contributed by atoms with Crippen LogP contribution in [-0.2, 0) is 5.41 Å². The molecule has 2 nitrogen and oxygen atoms in total. The van der Waals surface area contributed by atoms with E-state index in [0.29, 0.717) is 0 Å². The van der Waals surface area contributed by atoms with Crippen molar-refractivity contribution in [3.8, 4) is 27.9 Å². The fraction of sp³-hybridized carbons (Fsp3) is 0.0189. The first-order valence-electron chi connectivity index (χ1n) is 19.1. The van der Waals surface area contributed by atoms with Gasteiger partial charge in [0.25, 0.3) is 0 Å². The molecule has 0 saturated heterocycles. The Morgan fingerprint density at radius 3 is 1.42 bits per heavy atom. The van der Waals surface area contributed by atoms with Gasteiger partial charge in [-0.05, 0) is 104 Å². The molecular weight excluding hydrogens is 665 g/mol. The number of aromatic nitrogens is 1. The van der Waals surface area contributed by atoms with Gasteiger partial charge in [-0.1, -0.05) is 152 Å². The van der Waals surface area contributed by atoms with Gasteiger partial charge in [0.05, 0.1) is 22.1 Å². The Kier molecular flexibility index (Phi) is 6.29. The van der Waals surface area contributed by atoms with Gasteiger partial charge in [-0.2, -0.15) is 0 Å². The summed E-state index contributed by atoms with van der Waals surface area (Å²) in [6.07, 6.45) is 0. The molecule has 2 heteroatoms. The Balaban J connectivity index is 1.24. The maximum Gasteiger partial charge on any atom is 0.0727 e. The zero-order valence-electron chi connectivity index (χ0n) is 30.0. The van der Waals surface area contributed by atoms with Gasteiger partial charge >= 0.3 is 0 Å². The first-order valence-corrected chi connectivity index (χ1v) is 19.1. The second-order valence-electron chi connectivity index (χ2n) is 14.8. The van der Waals surface area contributed by atoms with Crippen molar-refractivity contribution in [2.24, 2.45) is 0 Å². The number of rotatable bonds is 4. The summed E-state index contributed by atoms with van der Waals surface area (Å²) in [7, 11) is 0. The molecule has 2 aliphatic rings. The molecule has 0 saturated carbocycles. The van der Waals surface area contributed by atoms with E-state index in [1.165, 1.54) is 82.8 Å². The summed E-state index contributed by atoms with van der Waals surface area (Å²) in [4.78, 5) is 2.39. The third-order valence-electron chi connectivity index (χ3n) is 12.2. The lowest BCUT2D eigenvalue weighted by atomic mass is 9.70. The number of hydrogen-bond acceptors (Lipinski definition) is 1. The Morgan fingerprint density at radius 1 is 0.327 bits per heavy atom. The van der Waals surface area contributed by atoms with Crippen LogP contribution < -0.4 is 4.90 Å². The lowest BCUT2D eigenvalue weighted by molar-refractivity contribution is 0.793. The zero-order valence-corrected chi connectivity index (χ0v) is 30.0. The summed E-state index contributed by atoms with van der Waals surface area (Å²) >= 11 is 0. The molecule has 0 radical (unpaired) electrons. The maximum atomic E-state index is 2.54. The van der Waals surface area contributed by atoms with Gasteiger partial charge in [0.1, 0.15) is 0 Å². The van der Waals surface area contributed by atoms with Gasteiger partial charge in [0.15, 0.2) is 0 Å². The van der Waals surface area contributed by atoms with Crippen LogP contribution in [0.3, 0.4) is 0 Å². The Hall–Kier alpha value is -7.16. The molecule has 0 aliphatic heterocycles.